The van der Waals surface area contributed by atoms with E-state index in [4.69, 9.17) is 14.2 Å². The highest BCUT2D eigenvalue weighted by Gasteiger charge is 2.19. The average molecular weight is 1150 g/mol. The van der Waals surface area contributed by atoms with Crippen molar-refractivity contribution in [2.45, 2.75) is 348 Å². The Morgan fingerprint density at radius 3 is 0.771 bits per heavy atom. The van der Waals surface area contributed by atoms with Crippen LogP contribution in [0, 0.1) is 0 Å². The second-order valence-corrected chi connectivity index (χ2v) is 23.4. The summed E-state index contributed by atoms with van der Waals surface area (Å²) < 4.78 is 16.9. The Hall–Kier alpha value is -3.93. The molecule has 6 nitrogen and oxygen atoms in total. The summed E-state index contributed by atoms with van der Waals surface area (Å²) in [6.07, 6.45) is 97.2. The quantitative estimate of drug-likeness (QED) is 0.0261. The molecule has 0 radical (unpaired) electrons. The first-order valence-electron chi connectivity index (χ1n) is 35.4. The van der Waals surface area contributed by atoms with Crippen molar-refractivity contribution in [2.24, 2.45) is 0 Å². The Morgan fingerprint density at radius 1 is 0.253 bits per heavy atom. The standard InChI is InChI=1S/C77H132O6/c1-4-7-10-13-16-19-21-23-25-27-29-31-33-34-35-36-37-38-39-40-41-42-44-45-47-49-51-53-55-58-61-64-67-70-76(79)82-73-74(72-81-75(78)69-66-63-60-57-18-15-12-9-6-3)83-77(80)71-68-65-62-59-56-54-52-50-48-46-43-32-30-28-26-24-22-20-17-14-11-8-5-2/h8,11,17,20-21,23-24,26-27,29-30,32,46,48,52,54,59,62,74H,4-7,9-10,12-16,18-19,22,25,28,31,33-45,47,49-51,53,55-58,60-61,63-73H2,1-3H3/b11-8-,20-17-,23-21-,26-24-,29-27-,32-30-,48-46-,54-52-,62-59-. The minimum absolute atomic E-state index is 0.0982. The molecule has 0 fully saturated rings. The Kier molecular flexibility index (Phi) is 67.2. The topological polar surface area (TPSA) is 78.9 Å². The van der Waals surface area contributed by atoms with Crippen LogP contribution in [0.25, 0.3) is 0 Å². The van der Waals surface area contributed by atoms with E-state index < -0.39 is 6.10 Å². The molecule has 0 aliphatic rings. The Balaban J connectivity index is 4.17. The van der Waals surface area contributed by atoms with E-state index in [9.17, 15) is 14.4 Å². The van der Waals surface area contributed by atoms with Gasteiger partial charge in [-0.3, -0.25) is 14.4 Å². The molecule has 0 rings (SSSR count). The van der Waals surface area contributed by atoms with E-state index in [0.717, 1.165) is 96.3 Å². The fraction of sp³-hybridized carbons (Fsp3) is 0.727. The van der Waals surface area contributed by atoms with Gasteiger partial charge in [-0.15, -0.1) is 0 Å². The minimum atomic E-state index is -0.808. The van der Waals surface area contributed by atoms with Crippen molar-refractivity contribution >= 4 is 17.9 Å². The Bertz CT molecular complexity index is 1660. The van der Waals surface area contributed by atoms with Crippen molar-refractivity contribution in [2.75, 3.05) is 13.2 Å². The lowest BCUT2D eigenvalue weighted by molar-refractivity contribution is -0.167. The fourth-order valence-electron chi connectivity index (χ4n) is 9.99. The van der Waals surface area contributed by atoms with Crippen molar-refractivity contribution in [1.29, 1.82) is 0 Å². The summed E-state index contributed by atoms with van der Waals surface area (Å²) in [6, 6.07) is 0. The zero-order valence-electron chi connectivity index (χ0n) is 54.7. The normalized spacial score (nSPS) is 12.8. The predicted octanol–water partition coefficient (Wildman–Crippen LogP) is 24.6. The van der Waals surface area contributed by atoms with Gasteiger partial charge < -0.3 is 14.2 Å². The summed E-state index contributed by atoms with van der Waals surface area (Å²) in [5.74, 6) is -0.950. The van der Waals surface area contributed by atoms with Gasteiger partial charge in [-0.25, -0.2) is 0 Å². The molecule has 0 N–H and O–H groups in total. The summed E-state index contributed by atoms with van der Waals surface area (Å²) in [5, 5.41) is 0. The summed E-state index contributed by atoms with van der Waals surface area (Å²) in [5.41, 5.74) is 0. The molecule has 0 amide bonds. The number of esters is 3. The van der Waals surface area contributed by atoms with Crippen LogP contribution in [0.1, 0.15) is 342 Å². The van der Waals surface area contributed by atoms with Gasteiger partial charge >= 0.3 is 17.9 Å². The molecule has 0 saturated heterocycles. The lowest BCUT2D eigenvalue weighted by Gasteiger charge is -2.18. The van der Waals surface area contributed by atoms with E-state index in [1.807, 2.05) is 0 Å². The zero-order valence-corrected chi connectivity index (χ0v) is 54.7. The number of allylic oxidation sites excluding steroid dienone is 18. The molecule has 0 heterocycles. The molecular weight excluding hydrogens is 1020 g/mol. The van der Waals surface area contributed by atoms with Crippen LogP contribution in [-0.4, -0.2) is 37.2 Å². The summed E-state index contributed by atoms with van der Waals surface area (Å²) in [6.45, 7) is 6.48. The van der Waals surface area contributed by atoms with E-state index in [-0.39, 0.29) is 37.5 Å². The highest BCUT2D eigenvalue weighted by molar-refractivity contribution is 5.71. The molecule has 0 aliphatic carbocycles. The molecule has 6 heteroatoms. The molecule has 1 unspecified atom stereocenters. The van der Waals surface area contributed by atoms with Crippen molar-refractivity contribution in [1.82, 2.24) is 0 Å². The van der Waals surface area contributed by atoms with Crippen LogP contribution in [0.2, 0.25) is 0 Å². The molecule has 0 aliphatic heterocycles. The first-order chi connectivity index (χ1) is 41.0. The average Bonchev–Trinajstić information content (AvgIpc) is 3.49. The molecular formula is C77H132O6. The molecule has 0 aromatic carbocycles. The van der Waals surface area contributed by atoms with Crippen LogP contribution in [-0.2, 0) is 28.6 Å². The smallest absolute Gasteiger partial charge is 0.306 e. The molecule has 476 valence electrons. The van der Waals surface area contributed by atoms with E-state index in [0.29, 0.717) is 19.3 Å². The number of hydrogen-bond acceptors (Lipinski definition) is 6. The first-order valence-corrected chi connectivity index (χ1v) is 35.4. The van der Waals surface area contributed by atoms with E-state index in [1.54, 1.807) is 0 Å². The Morgan fingerprint density at radius 2 is 0.482 bits per heavy atom. The lowest BCUT2D eigenvalue weighted by atomic mass is 10.0. The third kappa shape index (κ3) is 68.7. The van der Waals surface area contributed by atoms with Gasteiger partial charge in [-0.05, 0) is 103 Å². The van der Waals surface area contributed by atoms with Gasteiger partial charge in [0, 0.05) is 19.3 Å². The van der Waals surface area contributed by atoms with Gasteiger partial charge in [0.2, 0.25) is 0 Å². The van der Waals surface area contributed by atoms with Crippen LogP contribution in [0.15, 0.2) is 109 Å². The van der Waals surface area contributed by atoms with Crippen molar-refractivity contribution in [3.8, 4) is 0 Å². The molecule has 0 spiro atoms. The van der Waals surface area contributed by atoms with Gasteiger partial charge in [0.05, 0.1) is 0 Å². The number of unbranched alkanes of at least 4 members (excludes halogenated alkanes) is 35. The lowest BCUT2D eigenvalue weighted by Crippen LogP contribution is -2.30. The molecule has 1 atom stereocenters. The number of hydrogen-bond donors (Lipinski definition) is 0. The fourth-order valence-corrected chi connectivity index (χ4v) is 9.99. The van der Waals surface area contributed by atoms with Crippen molar-refractivity contribution < 1.29 is 28.6 Å². The number of ether oxygens (including phenoxy) is 3. The molecule has 0 bridgehead atoms. The molecule has 0 saturated carbocycles. The zero-order chi connectivity index (χ0) is 59.9. The van der Waals surface area contributed by atoms with Crippen molar-refractivity contribution in [3.05, 3.63) is 109 Å². The van der Waals surface area contributed by atoms with Crippen molar-refractivity contribution in [3.63, 3.8) is 0 Å². The number of carbonyl (C=O) groups is 3. The van der Waals surface area contributed by atoms with Gasteiger partial charge in [0.25, 0.3) is 0 Å². The van der Waals surface area contributed by atoms with E-state index in [2.05, 4.69) is 130 Å². The van der Waals surface area contributed by atoms with Crippen LogP contribution < -0.4 is 0 Å². The third-order valence-corrected chi connectivity index (χ3v) is 15.3. The first kappa shape index (κ1) is 79.1. The predicted molar refractivity (Wildman–Crippen MR) is 362 cm³/mol. The summed E-state index contributed by atoms with van der Waals surface area (Å²) in [7, 11) is 0. The summed E-state index contributed by atoms with van der Waals surface area (Å²) in [4.78, 5) is 38.2. The highest BCUT2D eigenvalue weighted by atomic mass is 16.6. The molecule has 0 aromatic rings. The maximum Gasteiger partial charge on any atom is 0.306 e. The maximum absolute atomic E-state index is 12.9. The van der Waals surface area contributed by atoms with Gasteiger partial charge in [-0.1, -0.05) is 329 Å². The highest BCUT2D eigenvalue weighted by Crippen LogP contribution is 2.17. The second-order valence-electron chi connectivity index (χ2n) is 23.4. The largest absolute Gasteiger partial charge is 0.462 e. The maximum atomic E-state index is 12.9. The SMILES string of the molecule is CC/C=C\C/C=C\C/C=C\C/C=C\C/C=C\C/C=C\C/C=C\CCCC(=O)OC(COC(=O)CCCCCCCCCCC)COC(=O)CCCCCCCCCCCCCCCCCCCCCCC/C=C\C/C=C\CCCCCCC. The van der Waals surface area contributed by atoms with Gasteiger partial charge in [0.15, 0.2) is 6.10 Å². The molecule has 83 heavy (non-hydrogen) atoms. The molecule has 0 aromatic heterocycles. The monoisotopic (exact) mass is 1150 g/mol. The Labute approximate surface area is 514 Å². The third-order valence-electron chi connectivity index (χ3n) is 15.3. The van der Waals surface area contributed by atoms with Crippen LogP contribution in [0.3, 0.4) is 0 Å². The van der Waals surface area contributed by atoms with Crippen LogP contribution >= 0.6 is 0 Å². The second kappa shape index (κ2) is 70.6. The van der Waals surface area contributed by atoms with E-state index in [1.165, 1.54) is 199 Å². The van der Waals surface area contributed by atoms with Gasteiger partial charge in [0.1, 0.15) is 13.2 Å². The number of carbonyl (C=O) groups excluding carboxylic acids is 3. The van der Waals surface area contributed by atoms with Crippen LogP contribution in [0.5, 0.6) is 0 Å². The minimum Gasteiger partial charge on any atom is -0.462 e. The van der Waals surface area contributed by atoms with Crippen LogP contribution in [0.4, 0.5) is 0 Å². The summed E-state index contributed by atoms with van der Waals surface area (Å²) >= 11 is 0. The van der Waals surface area contributed by atoms with Gasteiger partial charge in [-0.2, -0.15) is 0 Å². The number of rotatable bonds is 64. The van der Waals surface area contributed by atoms with E-state index >= 15 is 0 Å².